The Balaban J connectivity index is 2.22. The van der Waals surface area contributed by atoms with Crippen molar-refractivity contribution in [2.24, 2.45) is 5.92 Å². The van der Waals surface area contributed by atoms with Crippen LogP contribution in [0.1, 0.15) is 42.1 Å². The number of hydrogen-bond acceptors (Lipinski definition) is 2. The number of rotatable bonds is 2. The fourth-order valence-corrected chi connectivity index (χ4v) is 2.40. The quantitative estimate of drug-likeness (QED) is 0.850. The summed E-state index contributed by atoms with van der Waals surface area (Å²) in [4.78, 5) is 14.4. The largest absolute Gasteiger partial charge is 0.395 e. The van der Waals surface area contributed by atoms with Gasteiger partial charge in [-0.15, -0.1) is 0 Å². The topological polar surface area (TPSA) is 40.5 Å². The highest BCUT2D eigenvalue weighted by atomic mass is 19.1. The highest BCUT2D eigenvalue weighted by Crippen LogP contribution is 2.20. The van der Waals surface area contributed by atoms with E-state index in [1.165, 1.54) is 18.2 Å². The van der Waals surface area contributed by atoms with Crippen LogP contribution < -0.4 is 0 Å². The van der Waals surface area contributed by atoms with Crippen molar-refractivity contribution in [3.63, 3.8) is 0 Å². The van der Waals surface area contributed by atoms with E-state index in [0.717, 1.165) is 25.9 Å². The fraction of sp³-hybridized carbons (Fsp3) is 0.471. The zero-order chi connectivity index (χ0) is 15.2. The number of nitrogens with zero attached hydrogens (tertiary/aromatic N) is 1. The molecule has 2 rings (SSSR count). The van der Waals surface area contributed by atoms with Crippen molar-refractivity contribution in [3.8, 4) is 11.8 Å². The van der Waals surface area contributed by atoms with Crippen molar-refractivity contribution in [2.75, 3.05) is 19.7 Å². The molecule has 0 aromatic heterocycles. The monoisotopic (exact) mass is 289 g/mol. The van der Waals surface area contributed by atoms with E-state index in [-0.39, 0.29) is 12.5 Å². The predicted molar refractivity (Wildman–Crippen MR) is 79.3 cm³/mol. The first-order valence-electron chi connectivity index (χ1n) is 7.30. The van der Waals surface area contributed by atoms with E-state index in [1.54, 1.807) is 0 Å². The zero-order valence-electron chi connectivity index (χ0n) is 12.2. The third-order valence-corrected chi connectivity index (χ3v) is 3.74. The van der Waals surface area contributed by atoms with E-state index in [9.17, 15) is 9.18 Å². The molecule has 1 aliphatic heterocycles. The van der Waals surface area contributed by atoms with Gasteiger partial charge in [0.05, 0.1) is 12.2 Å². The number of aliphatic hydroxyl groups is 1. The van der Waals surface area contributed by atoms with Crippen LogP contribution in [0.25, 0.3) is 0 Å². The molecule has 1 heterocycles. The number of aliphatic hydroxyl groups excluding tert-OH is 1. The lowest BCUT2D eigenvalue weighted by molar-refractivity contribution is 0.0697. The molecule has 3 nitrogen and oxygen atoms in total. The Morgan fingerprint density at radius 1 is 1.43 bits per heavy atom. The van der Waals surface area contributed by atoms with E-state index >= 15 is 0 Å². The standard InChI is InChI=1S/C17H20FNO2/c1-13-7-9-19(10-8-13)17(21)16-6-5-15(18)12-14(16)4-2-3-11-20/h5-6,12-13,20H,3,7-11H2,1H3. The summed E-state index contributed by atoms with van der Waals surface area (Å²) in [6.45, 7) is 3.61. The lowest BCUT2D eigenvalue weighted by Crippen LogP contribution is -2.38. The zero-order valence-corrected chi connectivity index (χ0v) is 12.2. The lowest BCUT2D eigenvalue weighted by atomic mass is 9.98. The van der Waals surface area contributed by atoms with Gasteiger partial charge in [0.2, 0.25) is 0 Å². The van der Waals surface area contributed by atoms with Gasteiger partial charge in [0.25, 0.3) is 5.91 Å². The molecule has 1 amide bonds. The summed E-state index contributed by atoms with van der Waals surface area (Å²) in [6.07, 6.45) is 2.31. The van der Waals surface area contributed by atoms with Crippen molar-refractivity contribution >= 4 is 5.91 Å². The molecule has 0 atom stereocenters. The summed E-state index contributed by atoms with van der Waals surface area (Å²) in [7, 11) is 0. The van der Waals surface area contributed by atoms with E-state index in [4.69, 9.17) is 5.11 Å². The third kappa shape index (κ3) is 4.05. The molecule has 4 heteroatoms. The number of hydrogen-bond donors (Lipinski definition) is 1. The second-order valence-corrected chi connectivity index (χ2v) is 5.44. The molecule has 21 heavy (non-hydrogen) atoms. The van der Waals surface area contributed by atoms with Gasteiger partial charge in [-0.2, -0.15) is 0 Å². The van der Waals surface area contributed by atoms with Crippen LogP contribution in [0.5, 0.6) is 0 Å². The molecule has 0 unspecified atom stereocenters. The molecule has 1 N–H and O–H groups in total. The Morgan fingerprint density at radius 3 is 2.81 bits per heavy atom. The molecule has 1 saturated heterocycles. The van der Waals surface area contributed by atoms with Crippen LogP contribution in [0.3, 0.4) is 0 Å². The first kappa shape index (κ1) is 15.5. The first-order valence-corrected chi connectivity index (χ1v) is 7.30. The first-order chi connectivity index (χ1) is 10.1. The molecule has 0 spiro atoms. The average molecular weight is 289 g/mol. The SMILES string of the molecule is CC1CCN(C(=O)c2ccc(F)cc2C#CCCO)CC1. The molecule has 1 aromatic rings. The van der Waals surface area contributed by atoms with Crippen LogP contribution in [0.2, 0.25) is 0 Å². The maximum Gasteiger partial charge on any atom is 0.255 e. The van der Waals surface area contributed by atoms with Crippen LogP contribution in [0.4, 0.5) is 4.39 Å². The van der Waals surface area contributed by atoms with Gasteiger partial charge in [-0.25, -0.2) is 4.39 Å². The van der Waals surface area contributed by atoms with Crippen molar-refractivity contribution in [3.05, 3.63) is 35.1 Å². The number of benzene rings is 1. The Labute approximate surface area is 124 Å². The van der Waals surface area contributed by atoms with Crippen LogP contribution in [-0.4, -0.2) is 35.6 Å². The molecule has 1 fully saturated rings. The number of amides is 1. The molecule has 1 aromatic carbocycles. The Morgan fingerprint density at radius 2 is 2.14 bits per heavy atom. The van der Waals surface area contributed by atoms with Crippen molar-refractivity contribution in [1.29, 1.82) is 0 Å². The molecule has 0 aliphatic carbocycles. The van der Waals surface area contributed by atoms with Gasteiger partial charge in [0.1, 0.15) is 5.82 Å². The molecular formula is C17H20FNO2. The second-order valence-electron chi connectivity index (χ2n) is 5.44. The molecular weight excluding hydrogens is 269 g/mol. The van der Waals surface area contributed by atoms with Crippen molar-refractivity contribution < 1.29 is 14.3 Å². The number of halogens is 1. The van der Waals surface area contributed by atoms with Gasteiger partial charge < -0.3 is 10.0 Å². The van der Waals surface area contributed by atoms with Crippen molar-refractivity contribution in [2.45, 2.75) is 26.2 Å². The smallest absolute Gasteiger partial charge is 0.255 e. The van der Waals surface area contributed by atoms with Crippen LogP contribution >= 0.6 is 0 Å². The third-order valence-electron chi connectivity index (χ3n) is 3.74. The van der Waals surface area contributed by atoms with Gasteiger partial charge in [0, 0.05) is 25.1 Å². The van der Waals surface area contributed by atoms with Gasteiger partial charge in [-0.05, 0) is 37.0 Å². The van der Waals surface area contributed by atoms with Crippen LogP contribution in [0.15, 0.2) is 18.2 Å². The lowest BCUT2D eigenvalue weighted by Gasteiger charge is -2.30. The number of piperidine rings is 1. The number of likely N-dealkylation sites (tertiary alicyclic amines) is 1. The maximum absolute atomic E-state index is 13.4. The highest BCUT2D eigenvalue weighted by molar-refractivity contribution is 5.96. The normalized spacial score (nSPS) is 15.5. The van der Waals surface area contributed by atoms with E-state index in [2.05, 4.69) is 18.8 Å². The van der Waals surface area contributed by atoms with Gasteiger partial charge in [-0.3, -0.25) is 4.79 Å². The summed E-state index contributed by atoms with van der Waals surface area (Å²) < 4.78 is 13.4. The second kappa shape index (κ2) is 7.24. The number of carbonyl (C=O) groups is 1. The van der Waals surface area contributed by atoms with Crippen LogP contribution in [-0.2, 0) is 0 Å². The molecule has 0 saturated carbocycles. The summed E-state index contributed by atoms with van der Waals surface area (Å²) in [6, 6.07) is 4.07. The Bertz CT molecular complexity index is 566. The summed E-state index contributed by atoms with van der Waals surface area (Å²) in [5, 5.41) is 8.75. The summed E-state index contributed by atoms with van der Waals surface area (Å²) in [5.74, 6) is 5.68. The van der Waals surface area contributed by atoms with E-state index in [1.807, 2.05) is 4.90 Å². The van der Waals surface area contributed by atoms with Crippen molar-refractivity contribution in [1.82, 2.24) is 4.90 Å². The Hall–Kier alpha value is -1.86. The van der Waals surface area contributed by atoms with E-state index in [0.29, 0.717) is 23.5 Å². The van der Waals surface area contributed by atoms with Gasteiger partial charge in [-0.1, -0.05) is 18.8 Å². The molecule has 0 bridgehead atoms. The van der Waals surface area contributed by atoms with E-state index < -0.39 is 5.82 Å². The number of carbonyl (C=O) groups excluding carboxylic acids is 1. The minimum absolute atomic E-state index is 0.0460. The minimum atomic E-state index is -0.410. The van der Waals surface area contributed by atoms with Gasteiger partial charge >= 0.3 is 0 Å². The molecule has 0 radical (unpaired) electrons. The fourth-order valence-electron chi connectivity index (χ4n) is 2.40. The van der Waals surface area contributed by atoms with Gasteiger partial charge in [0.15, 0.2) is 0 Å². The average Bonchev–Trinajstić information content (AvgIpc) is 2.48. The predicted octanol–water partition coefficient (Wildman–Crippen LogP) is 2.43. The Kier molecular flexibility index (Phi) is 5.35. The summed E-state index contributed by atoms with van der Waals surface area (Å²) >= 11 is 0. The summed E-state index contributed by atoms with van der Waals surface area (Å²) in [5.41, 5.74) is 0.837. The van der Waals surface area contributed by atoms with Crippen LogP contribution in [0, 0.1) is 23.6 Å². The maximum atomic E-state index is 13.4. The molecule has 112 valence electrons. The minimum Gasteiger partial charge on any atom is -0.395 e. The highest BCUT2D eigenvalue weighted by Gasteiger charge is 2.23. The molecule has 1 aliphatic rings.